The lowest BCUT2D eigenvalue weighted by atomic mass is 10.2. The molecule has 0 radical (unpaired) electrons. The molecule has 5 heteroatoms. The normalized spacial score (nSPS) is 11.8. The maximum Gasteiger partial charge on any atom is 0.254 e. The van der Waals surface area contributed by atoms with Crippen molar-refractivity contribution in [1.82, 2.24) is 0 Å². The second-order valence-corrected chi connectivity index (χ2v) is 4.90. The number of nitrogens with zero attached hydrogens (tertiary/aromatic N) is 1. The first kappa shape index (κ1) is 13.4. The minimum Gasteiger partial charge on any atom is -0.438 e. The first-order valence-electron chi connectivity index (χ1n) is 6.26. The quantitative estimate of drug-likeness (QED) is 0.787. The Labute approximate surface area is 125 Å². The Bertz CT molecular complexity index is 886. The molecule has 0 aliphatic carbocycles. The largest absolute Gasteiger partial charge is 0.438 e. The third kappa shape index (κ3) is 2.80. The van der Waals surface area contributed by atoms with Gasteiger partial charge in [0.2, 0.25) is 5.55 Å². The molecule has 2 aromatic carbocycles. The molecule has 0 aliphatic rings. The van der Waals surface area contributed by atoms with Crippen molar-refractivity contribution in [2.75, 3.05) is 0 Å². The summed E-state index contributed by atoms with van der Waals surface area (Å²) in [6, 6.07) is 16.0. The van der Waals surface area contributed by atoms with Gasteiger partial charge in [-0.1, -0.05) is 29.8 Å². The molecule has 104 valence electrons. The average Bonchev–Trinajstić information content (AvgIpc) is 2.47. The van der Waals surface area contributed by atoms with Crippen molar-refractivity contribution in [1.29, 1.82) is 0 Å². The third-order valence-corrected chi connectivity index (χ3v) is 3.20. The van der Waals surface area contributed by atoms with Crippen molar-refractivity contribution in [2.45, 2.75) is 0 Å². The highest BCUT2D eigenvalue weighted by atomic mass is 35.5. The molecule has 0 unspecified atom stereocenters. The average molecular weight is 299 g/mol. The summed E-state index contributed by atoms with van der Waals surface area (Å²) in [5.74, 6) is -0.602. The number of carbonyl (C=O) groups is 1. The van der Waals surface area contributed by atoms with Gasteiger partial charge in [0.05, 0.1) is 5.69 Å². The van der Waals surface area contributed by atoms with E-state index >= 15 is 0 Å². The van der Waals surface area contributed by atoms with Crippen LogP contribution in [0, 0.1) is 0 Å². The van der Waals surface area contributed by atoms with Crippen molar-refractivity contribution in [3.05, 3.63) is 70.7 Å². The minimum atomic E-state index is -0.602. The summed E-state index contributed by atoms with van der Waals surface area (Å²) < 4.78 is 5.69. The zero-order valence-corrected chi connectivity index (χ0v) is 11.7. The van der Waals surface area contributed by atoms with Crippen LogP contribution in [0.4, 0.5) is 5.69 Å². The van der Waals surface area contributed by atoms with E-state index in [1.165, 1.54) is 0 Å². The monoisotopic (exact) mass is 298 g/mol. The van der Waals surface area contributed by atoms with Gasteiger partial charge in [0.25, 0.3) is 5.91 Å². The SMILES string of the molecule is NC(=O)c1cc2cc(Cl)ccc2oc1=Nc1ccccc1. The van der Waals surface area contributed by atoms with Gasteiger partial charge in [-0.25, -0.2) is 4.99 Å². The zero-order valence-electron chi connectivity index (χ0n) is 10.9. The molecule has 21 heavy (non-hydrogen) atoms. The molecule has 1 amide bonds. The molecule has 0 atom stereocenters. The number of fused-ring (bicyclic) bond motifs is 1. The fourth-order valence-electron chi connectivity index (χ4n) is 1.98. The van der Waals surface area contributed by atoms with Crippen LogP contribution in [0.2, 0.25) is 5.02 Å². The van der Waals surface area contributed by atoms with Crippen molar-refractivity contribution in [3.63, 3.8) is 0 Å². The van der Waals surface area contributed by atoms with Gasteiger partial charge in [0, 0.05) is 10.4 Å². The van der Waals surface area contributed by atoms with Gasteiger partial charge in [-0.2, -0.15) is 0 Å². The predicted octanol–water partition coefficient (Wildman–Crippen LogP) is 3.42. The first-order chi connectivity index (χ1) is 10.1. The number of para-hydroxylation sites is 1. The Morgan fingerprint density at radius 2 is 1.86 bits per heavy atom. The summed E-state index contributed by atoms with van der Waals surface area (Å²) in [6.07, 6.45) is 0. The summed E-state index contributed by atoms with van der Waals surface area (Å²) in [6.45, 7) is 0. The Kier molecular flexibility index (Phi) is 3.46. The first-order valence-corrected chi connectivity index (χ1v) is 6.64. The molecule has 0 fully saturated rings. The number of benzene rings is 2. The maximum atomic E-state index is 11.6. The van der Waals surface area contributed by atoms with Gasteiger partial charge in [0.15, 0.2) is 0 Å². The Hall–Kier alpha value is -2.59. The van der Waals surface area contributed by atoms with E-state index < -0.39 is 5.91 Å². The lowest BCUT2D eigenvalue weighted by molar-refractivity contribution is 0.0996. The van der Waals surface area contributed by atoms with Crippen LogP contribution in [0.5, 0.6) is 0 Å². The van der Waals surface area contributed by atoms with Crippen LogP contribution in [0.25, 0.3) is 11.0 Å². The van der Waals surface area contributed by atoms with E-state index in [0.29, 0.717) is 21.7 Å². The van der Waals surface area contributed by atoms with Gasteiger partial charge in [0.1, 0.15) is 11.1 Å². The molecule has 4 nitrogen and oxygen atoms in total. The minimum absolute atomic E-state index is 0.184. The summed E-state index contributed by atoms with van der Waals surface area (Å²) in [7, 11) is 0. The molecule has 1 heterocycles. The van der Waals surface area contributed by atoms with E-state index in [1.54, 1.807) is 24.3 Å². The van der Waals surface area contributed by atoms with Crippen LogP contribution < -0.4 is 11.3 Å². The third-order valence-electron chi connectivity index (χ3n) is 2.96. The molecule has 0 saturated carbocycles. The number of carbonyl (C=O) groups excluding carboxylic acids is 1. The molecule has 3 aromatic rings. The number of nitrogens with two attached hydrogens (primary N) is 1. The molecule has 0 saturated heterocycles. The fraction of sp³-hybridized carbons (Fsp3) is 0. The van der Waals surface area contributed by atoms with E-state index in [9.17, 15) is 4.79 Å². The number of halogens is 1. The van der Waals surface area contributed by atoms with E-state index in [1.807, 2.05) is 30.3 Å². The predicted molar refractivity (Wildman–Crippen MR) is 81.4 cm³/mol. The highest BCUT2D eigenvalue weighted by molar-refractivity contribution is 6.31. The van der Waals surface area contributed by atoms with Crippen molar-refractivity contribution in [2.24, 2.45) is 10.7 Å². The lowest BCUT2D eigenvalue weighted by Crippen LogP contribution is -2.21. The van der Waals surface area contributed by atoms with E-state index in [2.05, 4.69) is 4.99 Å². The van der Waals surface area contributed by atoms with Crippen LogP contribution in [-0.4, -0.2) is 5.91 Å². The molecule has 0 aliphatic heterocycles. The number of hydrogen-bond donors (Lipinski definition) is 1. The summed E-state index contributed by atoms with van der Waals surface area (Å²) in [5.41, 5.74) is 7.07. The summed E-state index contributed by atoms with van der Waals surface area (Å²) >= 11 is 5.94. The number of amides is 1. The van der Waals surface area contributed by atoms with Crippen molar-refractivity contribution in [3.8, 4) is 0 Å². The van der Waals surface area contributed by atoms with Crippen molar-refractivity contribution >= 4 is 34.2 Å². The fourth-order valence-corrected chi connectivity index (χ4v) is 2.16. The van der Waals surface area contributed by atoms with Gasteiger partial charge in [-0.3, -0.25) is 4.79 Å². The van der Waals surface area contributed by atoms with Gasteiger partial charge < -0.3 is 10.2 Å². The Balaban J connectivity index is 2.30. The molecule has 0 spiro atoms. The van der Waals surface area contributed by atoms with E-state index in [4.69, 9.17) is 21.8 Å². The highest BCUT2D eigenvalue weighted by Gasteiger charge is 2.09. The number of hydrogen-bond acceptors (Lipinski definition) is 3. The van der Waals surface area contributed by atoms with E-state index in [-0.39, 0.29) is 11.1 Å². The summed E-state index contributed by atoms with van der Waals surface area (Å²) in [4.78, 5) is 15.9. The molecule has 1 aromatic heterocycles. The number of rotatable bonds is 2. The summed E-state index contributed by atoms with van der Waals surface area (Å²) in [5, 5.41) is 1.25. The lowest BCUT2D eigenvalue weighted by Gasteiger charge is -2.02. The van der Waals surface area contributed by atoms with Crippen LogP contribution in [0.1, 0.15) is 10.4 Å². The molecule has 0 bridgehead atoms. The Morgan fingerprint density at radius 3 is 2.57 bits per heavy atom. The molecular formula is C16H11ClN2O2. The molecule has 3 rings (SSSR count). The van der Waals surface area contributed by atoms with Gasteiger partial charge >= 0.3 is 0 Å². The van der Waals surface area contributed by atoms with Crippen LogP contribution in [0.3, 0.4) is 0 Å². The smallest absolute Gasteiger partial charge is 0.254 e. The van der Waals surface area contributed by atoms with Gasteiger partial charge in [-0.15, -0.1) is 0 Å². The topological polar surface area (TPSA) is 68.6 Å². The number of primary amides is 1. The standard InChI is InChI=1S/C16H11ClN2O2/c17-11-6-7-14-10(8-11)9-13(15(18)20)16(21-14)19-12-4-2-1-3-5-12/h1-9H,(H2,18,20). The molecule has 2 N–H and O–H groups in total. The second kappa shape index (κ2) is 5.42. The highest BCUT2D eigenvalue weighted by Crippen LogP contribution is 2.19. The Morgan fingerprint density at radius 1 is 1.10 bits per heavy atom. The molecular weight excluding hydrogens is 288 g/mol. The van der Waals surface area contributed by atoms with E-state index in [0.717, 1.165) is 0 Å². The van der Waals surface area contributed by atoms with Crippen molar-refractivity contribution < 1.29 is 9.21 Å². The van der Waals surface area contributed by atoms with Gasteiger partial charge in [-0.05, 0) is 36.4 Å². The zero-order chi connectivity index (χ0) is 14.8. The van der Waals surface area contributed by atoms with Crippen LogP contribution in [0.15, 0.2) is 64.0 Å². The second-order valence-electron chi connectivity index (χ2n) is 4.46. The maximum absolute atomic E-state index is 11.6. The van der Waals surface area contributed by atoms with Crippen LogP contribution in [-0.2, 0) is 0 Å². The van der Waals surface area contributed by atoms with Crippen LogP contribution >= 0.6 is 11.6 Å².